The van der Waals surface area contributed by atoms with Crippen molar-refractivity contribution in [3.05, 3.63) is 23.8 Å². The van der Waals surface area contributed by atoms with Crippen LogP contribution in [0.1, 0.15) is 31.4 Å². The standard InChI is InChI=1S/C14H21NO3/c1-3-11(15-2)14(16)10-5-6-12-13(9-10)18-8-4-7-17-12/h5-6,9,11,14-16H,3-4,7-8H2,1-2H3. The molecule has 0 saturated carbocycles. The molecule has 2 unspecified atom stereocenters. The molecule has 1 aromatic rings. The molecule has 1 heterocycles. The quantitative estimate of drug-likeness (QED) is 0.858. The van der Waals surface area contributed by atoms with Crippen LogP contribution in [0.5, 0.6) is 11.5 Å². The number of rotatable bonds is 4. The molecule has 0 radical (unpaired) electrons. The zero-order valence-corrected chi connectivity index (χ0v) is 11.0. The van der Waals surface area contributed by atoms with Crippen molar-refractivity contribution < 1.29 is 14.6 Å². The first-order valence-electron chi connectivity index (χ1n) is 6.51. The van der Waals surface area contributed by atoms with E-state index >= 15 is 0 Å². The largest absolute Gasteiger partial charge is 0.490 e. The van der Waals surface area contributed by atoms with Crippen LogP contribution in [0.2, 0.25) is 0 Å². The number of hydrogen-bond donors (Lipinski definition) is 2. The topological polar surface area (TPSA) is 50.7 Å². The van der Waals surface area contributed by atoms with Gasteiger partial charge in [-0.2, -0.15) is 0 Å². The predicted octanol–water partition coefficient (Wildman–Crippen LogP) is 1.88. The van der Waals surface area contributed by atoms with Gasteiger partial charge in [0.05, 0.1) is 19.3 Å². The molecule has 1 aliphatic rings. The van der Waals surface area contributed by atoms with Gasteiger partial charge in [0.2, 0.25) is 0 Å². The van der Waals surface area contributed by atoms with E-state index in [2.05, 4.69) is 5.32 Å². The van der Waals surface area contributed by atoms with Gasteiger partial charge in [-0.25, -0.2) is 0 Å². The Bertz CT molecular complexity index is 391. The maximum absolute atomic E-state index is 10.3. The number of likely N-dealkylation sites (N-methyl/N-ethyl adjacent to an activating group) is 1. The Labute approximate surface area is 108 Å². The lowest BCUT2D eigenvalue weighted by molar-refractivity contribution is 0.130. The number of aliphatic hydroxyl groups is 1. The van der Waals surface area contributed by atoms with Crippen molar-refractivity contribution in [3.8, 4) is 11.5 Å². The Balaban J connectivity index is 2.21. The molecule has 0 amide bonds. The van der Waals surface area contributed by atoms with E-state index in [1.165, 1.54) is 0 Å². The second kappa shape index (κ2) is 6.07. The smallest absolute Gasteiger partial charge is 0.161 e. The van der Waals surface area contributed by atoms with Crippen molar-refractivity contribution in [2.24, 2.45) is 0 Å². The summed E-state index contributed by atoms with van der Waals surface area (Å²) in [7, 11) is 1.86. The van der Waals surface area contributed by atoms with Gasteiger partial charge < -0.3 is 19.9 Å². The van der Waals surface area contributed by atoms with E-state index in [1.807, 2.05) is 32.2 Å². The van der Waals surface area contributed by atoms with Crippen molar-refractivity contribution in [2.45, 2.75) is 31.9 Å². The molecule has 0 fully saturated rings. The minimum atomic E-state index is -0.530. The normalized spacial score (nSPS) is 17.9. The minimum Gasteiger partial charge on any atom is -0.490 e. The predicted molar refractivity (Wildman–Crippen MR) is 70.1 cm³/mol. The summed E-state index contributed by atoms with van der Waals surface area (Å²) in [5.41, 5.74) is 0.862. The molecule has 18 heavy (non-hydrogen) atoms. The number of hydrogen-bond acceptors (Lipinski definition) is 4. The van der Waals surface area contributed by atoms with Crippen molar-refractivity contribution >= 4 is 0 Å². The summed E-state index contributed by atoms with van der Waals surface area (Å²) >= 11 is 0. The van der Waals surface area contributed by atoms with Crippen LogP contribution in [-0.4, -0.2) is 31.4 Å². The van der Waals surface area contributed by atoms with Gasteiger partial charge >= 0.3 is 0 Å². The molecule has 0 aromatic heterocycles. The van der Waals surface area contributed by atoms with E-state index in [-0.39, 0.29) is 6.04 Å². The monoisotopic (exact) mass is 251 g/mol. The highest BCUT2D eigenvalue weighted by atomic mass is 16.5. The molecule has 0 bridgehead atoms. The van der Waals surface area contributed by atoms with Crippen LogP contribution in [0, 0.1) is 0 Å². The highest BCUT2D eigenvalue weighted by molar-refractivity contribution is 5.44. The summed E-state index contributed by atoms with van der Waals surface area (Å²) in [6.07, 6.45) is 1.23. The number of aliphatic hydroxyl groups excluding tert-OH is 1. The van der Waals surface area contributed by atoms with E-state index in [1.54, 1.807) is 0 Å². The van der Waals surface area contributed by atoms with Crippen LogP contribution < -0.4 is 14.8 Å². The fourth-order valence-electron chi connectivity index (χ4n) is 2.18. The first kappa shape index (κ1) is 13.2. The van der Waals surface area contributed by atoms with Crippen LogP contribution in [0.25, 0.3) is 0 Å². The van der Waals surface area contributed by atoms with Crippen LogP contribution in [0.4, 0.5) is 0 Å². The van der Waals surface area contributed by atoms with E-state index in [0.29, 0.717) is 13.2 Å². The lowest BCUT2D eigenvalue weighted by Crippen LogP contribution is -2.31. The molecule has 4 nitrogen and oxygen atoms in total. The van der Waals surface area contributed by atoms with Gasteiger partial charge in [0, 0.05) is 12.5 Å². The maximum Gasteiger partial charge on any atom is 0.161 e. The first-order valence-corrected chi connectivity index (χ1v) is 6.51. The van der Waals surface area contributed by atoms with Crippen molar-refractivity contribution in [1.82, 2.24) is 5.32 Å². The van der Waals surface area contributed by atoms with E-state index in [0.717, 1.165) is 29.9 Å². The molecule has 2 N–H and O–H groups in total. The highest BCUT2D eigenvalue weighted by Crippen LogP contribution is 2.33. The van der Waals surface area contributed by atoms with Crippen LogP contribution in [0.15, 0.2) is 18.2 Å². The number of benzene rings is 1. The maximum atomic E-state index is 10.3. The number of ether oxygens (including phenoxy) is 2. The van der Waals surface area contributed by atoms with Crippen LogP contribution in [-0.2, 0) is 0 Å². The van der Waals surface area contributed by atoms with Gasteiger partial charge in [0.1, 0.15) is 0 Å². The van der Waals surface area contributed by atoms with Crippen LogP contribution >= 0.6 is 0 Å². The van der Waals surface area contributed by atoms with E-state index < -0.39 is 6.10 Å². The average Bonchev–Trinajstić information content (AvgIpc) is 2.64. The third-order valence-electron chi connectivity index (χ3n) is 3.30. The van der Waals surface area contributed by atoms with Crippen molar-refractivity contribution in [3.63, 3.8) is 0 Å². The zero-order chi connectivity index (χ0) is 13.0. The fraction of sp³-hybridized carbons (Fsp3) is 0.571. The molecule has 2 atom stereocenters. The van der Waals surface area contributed by atoms with Crippen LogP contribution in [0.3, 0.4) is 0 Å². The highest BCUT2D eigenvalue weighted by Gasteiger charge is 2.20. The average molecular weight is 251 g/mol. The fourth-order valence-corrected chi connectivity index (χ4v) is 2.18. The second-order valence-electron chi connectivity index (χ2n) is 4.50. The Morgan fingerprint density at radius 3 is 2.67 bits per heavy atom. The molecule has 100 valence electrons. The van der Waals surface area contributed by atoms with Gasteiger partial charge in [-0.15, -0.1) is 0 Å². The molecule has 2 rings (SSSR count). The van der Waals surface area contributed by atoms with Crippen molar-refractivity contribution in [2.75, 3.05) is 20.3 Å². The molecule has 0 aliphatic carbocycles. The van der Waals surface area contributed by atoms with Gasteiger partial charge in [-0.05, 0) is 31.2 Å². The molecule has 1 aliphatic heterocycles. The van der Waals surface area contributed by atoms with Gasteiger partial charge in [-0.3, -0.25) is 0 Å². The minimum absolute atomic E-state index is 0.0507. The zero-order valence-electron chi connectivity index (χ0n) is 11.0. The molecular formula is C14H21NO3. The van der Waals surface area contributed by atoms with Gasteiger partial charge in [-0.1, -0.05) is 13.0 Å². The lowest BCUT2D eigenvalue weighted by Gasteiger charge is -2.22. The summed E-state index contributed by atoms with van der Waals surface area (Å²) in [6, 6.07) is 5.71. The Morgan fingerprint density at radius 1 is 1.28 bits per heavy atom. The third kappa shape index (κ3) is 2.76. The Kier molecular flexibility index (Phi) is 4.44. The van der Waals surface area contributed by atoms with E-state index in [4.69, 9.17) is 9.47 Å². The Hall–Kier alpha value is -1.26. The molecular weight excluding hydrogens is 230 g/mol. The Morgan fingerprint density at radius 2 is 2.00 bits per heavy atom. The van der Waals surface area contributed by atoms with Gasteiger partial charge in [0.15, 0.2) is 11.5 Å². The summed E-state index contributed by atoms with van der Waals surface area (Å²) in [6.45, 7) is 3.40. The SMILES string of the molecule is CCC(NC)C(O)c1ccc2c(c1)OCCCO2. The van der Waals surface area contributed by atoms with E-state index in [9.17, 15) is 5.11 Å². The number of fused-ring (bicyclic) bond motifs is 1. The lowest BCUT2D eigenvalue weighted by atomic mass is 10.00. The summed E-state index contributed by atoms with van der Waals surface area (Å²) < 4.78 is 11.2. The molecule has 0 spiro atoms. The molecule has 0 saturated heterocycles. The number of nitrogens with one attached hydrogen (secondary N) is 1. The van der Waals surface area contributed by atoms with Gasteiger partial charge in [0.25, 0.3) is 0 Å². The summed E-state index contributed by atoms with van der Waals surface area (Å²) in [4.78, 5) is 0. The third-order valence-corrected chi connectivity index (χ3v) is 3.30. The van der Waals surface area contributed by atoms with Crippen molar-refractivity contribution in [1.29, 1.82) is 0 Å². The molecule has 4 heteroatoms. The molecule has 1 aromatic carbocycles. The summed E-state index contributed by atoms with van der Waals surface area (Å²) in [5.74, 6) is 1.50. The summed E-state index contributed by atoms with van der Waals surface area (Å²) in [5, 5.41) is 13.4. The second-order valence-corrected chi connectivity index (χ2v) is 4.50. The first-order chi connectivity index (χ1) is 8.76.